The molecule has 1 N–H and O–H groups in total. The second kappa shape index (κ2) is 7.19. The van der Waals surface area contributed by atoms with Crippen LogP contribution in [0.15, 0.2) is 42.7 Å². The molecule has 0 spiro atoms. The Morgan fingerprint density at radius 2 is 1.84 bits per heavy atom. The number of carbonyl (C=O) groups is 1. The maximum Gasteiger partial charge on any atom is 0.234 e. The number of hydrogen-bond acceptors (Lipinski definition) is 5. The molecule has 2 aromatic rings. The second-order valence-electron chi connectivity index (χ2n) is 6.82. The highest BCUT2D eigenvalue weighted by molar-refractivity contribution is 5.78. The maximum absolute atomic E-state index is 12.5. The van der Waals surface area contributed by atoms with E-state index in [2.05, 4.69) is 49.4 Å². The van der Waals surface area contributed by atoms with Crippen molar-refractivity contribution in [3.8, 4) is 0 Å². The second-order valence-corrected chi connectivity index (χ2v) is 6.82. The normalized spacial score (nSPS) is 20.3. The van der Waals surface area contributed by atoms with E-state index in [1.165, 1.54) is 11.1 Å². The minimum atomic E-state index is 0.105. The quantitative estimate of drug-likeness (QED) is 0.918. The monoisotopic (exact) mass is 337 g/mol. The van der Waals surface area contributed by atoms with Gasteiger partial charge in [-0.3, -0.25) is 9.69 Å². The number of nitrogens with zero attached hydrogens (tertiary/aromatic N) is 4. The number of rotatable bonds is 4. The van der Waals surface area contributed by atoms with Crippen molar-refractivity contribution in [3.63, 3.8) is 0 Å². The van der Waals surface area contributed by atoms with Crippen LogP contribution in [0.1, 0.15) is 24.0 Å². The van der Waals surface area contributed by atoms with Gasteiger partial charge in [0.25, 0.3) is 0 Å². The minimum absolute atomic E-state index is 0.105. The van der Waals surface area contributed by atoms with E-state index in [0.29, 0.717) is 6.54 Å². The zero-order chi connectivity index (χ0) is 17.1. The third-order valence-electron chi connectivity index (χ3n) is 4.89. The lowest BCUT2D eigenvalue weighted by molar-refractivity contribution is -0.123. The number of carbonyl (C=O) groups excluding carboxylic acids is 1. The zero-order valence-corrected chi connectivity index (χ0v) is 14.3. The summed E-state index contributed by atoms with van der Waals surface area (Å²) in [5, 5.41) is 3.19. The van der Waals surface area contributed by atoms with Crippen molar-refractivity contribution in [1.82, 2.24) is 20.2 Å². The Morgan fingerprint density at radius 1 is 1.12 bits per heavy atom. The summed E-state index contributed by atoms with van der Waals surface area (Å²) in [5.41, 5.74) is 2.67. The maximum atomic E-state index is 12.5. The summed E-state index contributed by atoms with van der Waals surface area (Å²) in [7, 11) is 0. The topological polar surface area (TPSA) is 61.4 Å². The third kappa shape index (κ3) is 3.79. The van der Waals surface area contributed by atoms with Gasteiger partial charge in [-0.25, -0.2) is 9.97 Å². The lowest BCUT2D eigenvalue weighted by atomic mass is 10.1. The van der Waals surface area contributed by atoms with Crippen molar-refractivity contribution < 1.29 is 4.79 Å². The van der Waals surface area contributed by atoms with Crippen LogP contribution >= 0.6 is 0 Å². The number of aromatic nitrogens is 2. The van der Waals surface area contributed by atoms with Crippen LogP contribution in [0.3, 0.4) is 0 Å². The molecule has 3 heterocycles. The van der Waals surface area contributed by atoms with Gasteiger partial charge in [-0.1, -0.05) is 24.3 Å². The van der Waals surface area contributed by atoms with Gasteiger partial charge in [-0.2, -0.15) is 0 Å². The van der Waals surface area contributed by atoms with Gasteiger partial charge in [0, 0.05) is 44.6 Å². The van der Waals surface area contributed by atoms with E-state index in [1.54, 1.807) is 12.4 Å². The smallest absolute Gasteiger partial charge is 0.234 e. The Hall–Kier alpha value is -2.47. The van der Waals surface area contributed by atoms with Crippen LogP contribution in [0.4, 0.5) is 5.95 Å². The van der Waals surface area contributed by atoms with Crippen LogP contribution in [-0.4, -0.2) is 46.5 Å². The molecular formula is C19H23N5O. The number of nitrogens with one attached hydrogen (secondary N) is 1. The summed E-state index contributed by atoms with van der Waals surface area (Å²) in [6.45, 7) is 3.89. The van der Waals surface area contributed by atoms with Gasteiger partial charge < -0.3 is 10.2 Å². The van der Waals surface area contributed by atoms with E-state index < -0.39 is 0 Å². The van der Waals surface area contributed by atoms with Crippen LogP contribution < -0.4 is 10.2 Å². The van der Waals surface area contributed by atoms with E-state index in [0.717, 1.165) is 45.0 Å². The van der Waals surface area contributed by atoms with Gasteiger partial charge in [-0.15, -0.1) is 0 Å². The summed E-state index contributed by atoms with van der Waals surface area (Å²) in [5.74, 6) is 0.852. The predicted molar refractivity (Wildman–Crippen MR) is 96.0 cm³/mol. The average molecular weight is 337 g/mol. The van der Waals surface area contributed by atoms with Gasteiger partial charge in [0.2, 0.25) is 11.9 Å². The molecule has 25 heavy (non-hydrogen) atoms. The van der Waals surface area contributed by atoms with Gasteiger partial charge in [0.05, 0.1) is 6.54 Å². The number of piperidine rings is 1. The van der Waals surface area contributed by atoms with Crippen molar-refractivity contribution in [3.05, 3.63) is 53.9 Å². The fourth-order valence-corrected chi connectivity index (χ4v) is 3.72. The SMILES string of the molecule is O=C(CN1Cc2ccccc2C1)N[C@H]1CCCN(c2ncccn2)C1. The van der Waals surface area contributed by atoms with Crippen LogP contribution in [0.2, 0.25) is 0 Å². The summed E-state index contributed by atoms with van der Waals surface area (Å²) < 4.78 is 0. The number of hydrogen-bond donors (Lipinski definition) is 1. The first-order valence-corrected chi connectivity index (χ1v) is 8.88. The van der Waals surface area contributed by atoms with Gasteiger partial charge in [0.15, 0.2) is 0 Å². The molecule has 130 valence electrons. The molecule has 1 atom stereocenters. The number of fused-ring (bicyclic) bond motifs is 1. The van der Waals surface area contributed by atoms with Crippen LogP contribution in [0.25, 0.3) is 0 Å². The van der Waals surface area contributed by atoms with Gasteiger partial charge >= 0.3 is 0 Å². The lowest BCUT2D eigenvalue weighted by Gasteiger charge is -2.33. The van der Waals surface area contributed by atoms with Crippen LogP contribution in [-0.2, 0) is 17.9 Å². The molecule has 2 aliphatic heterocycles. The molecule has 6 heteroatoms. The molecule has 0 saturated carbocycles. The molecule has 0 bridgehead atoms. The van der Waals surface area contributed by atoms with E-state index >= 15 is 0 Å². The molecule has 1 fully saturated rings. The Bertz CT molecular complexity index is 711. The third-order valence-corrected chi connectivity index (χ3v) is 4.89. The van der Waals surface area contributed by atoms with Crippen molar-refractivity contribution in [1.29, 1.82) is 0 Å². The number of benzene rings is 1. The highest BCUT2D eigenvalue weighted by atomic mass is 16.2. The molecule has 1 aromatic heterocycles. The van der Waals surface area contributed by atoms with E-state index in [9.17, 15) is 4.79 Å². The molecule has 1 aromatic carbocycles. The first kappa shape index (κ1) is 16.0. The first-order valence-electron chi connectivity index (χ1n) is 8.88. The summed E-state index contributed by atoms with van der Waals surface area (Å²) >= 11 is 0. The highest BCUT2D eigenvalue weighted by Gasteiger charge is 2.25. The Labute approximate surface area is 147 Å². The molecule has 0 radical (unpaired) electrons. The molecule has 0 unspecified atom stereocenters. The molecule has 6 nitrogen and oxygen atoms in total. The fraction of sp³-hybridized carbons (Fsp3) is 0.421. The van der Waals surface area contributed by atoms with Crippen molar-refractivity contribution in [2.75, 3.05) is 24.5 Å². The fourth-order valence-electron chi connectivity index (χ4n) is 3.72. The van der Waals surface area contributed by atoms with E-state index in [4.69, 9.17) is 0 Å². The van der Waals surface area contributed by atoms with E-state index in [-0.39, 0.29) is 11.9 Å². The molecule has 1 saturated heterocycles. The molecular weight excluding hydrogens is 314 g/mol. The molecule has 1 amide bonds. The largest absolute Gasteiger partial charge is 0.350 e. The molecule has 2 aliphatic rings. The number of amides is 1. The standard InChI is InChI=1S/C19H23N5O/c25-18(14-23-11-15-5-1-2-6-16(15)12-23)22-17-7-3-10-24(13-17)19-20-8-4-9-21-19/h1-2,4-6,8-9,17H,3,7,10-14H2,(H,22,25)/t17-/m0/s1. The van der Waals surface area contributed by atoms with Crippen molar-refractivity contribution in [2.24, 2.45) is 0 Å². The first-order chi connectivity index (χ1) is 12.3. The van der Waals surface area contributed by atoms with Crippen molar-refractivity contribution >= 4 is 11.9 Å². The predicted octanol–water partition coefficient (Wildman–Crippen LogP) is 1.58. The summed E-state index contributed by atoms with van der Waals surface area (Å²) in [6, 6.07) is 10.4. The van der Waals surface area contributed by atoms with Crippen molar-refractivity contribution in [2.45, 2.75) is 32.0 Å². The summed E-state index contributed by atoms with van der Waals surface area (Å²) in [6.07, 6.45) is 5.57. The zero-order valence-electron chi connectivity index (χ0n) is 14.3. The average Bonchev–Trinajstić information content (AvgIpc) is 3.04. The Balaban J connectivity index is 1.29. The summed E-state index contributed by atoms with van der Waals surface area (Å²) in [4.78, 5) is 25.4. The molecule has 0 aliphatic carbocycles. The van der Waals surface area contributed by atoms with Crippen LogP contribution in [0.5, 0.6) is 0 Å². The van der Waals surface area contributed by atoms with Gasteiger partial charge in [-0.05, 0) is 30.0 Å². The highest BCUT2D eigenvalue weighted by Crippen LogP contribution is 2.21. The Kier molecular flexibility index (Phi) is 4.61. The minimum Gasteiger partial charge on any atom is -0.350 e. The van der Waals surface area contributed by atoms with Gasteiger partial charge in [0.1, 0.15) is 0 Å². The number of anilines is 1. The Morgan fingerprint density at radius 3 is 2.56 bits per heavy atom. The van der Waals surface area contributed by atoms with Crippen LogP contribution in [0, 0.1) is 0 Å². The van der Waals surface area contributed by atoms with E-state index in [1.807, 2.05) is 6.07 Å². The molecule has 4 rings (SSSR count). The lowest BCUT2D eigenvalue weighted by Crippen LogP contribution is -2.50.